The number of amides is 1. The second-order valence-electron chi connectivity index (χ2n) is 3.86. The van der Waals surface area contributed by atoms with Gasteiger partial charge in [0.05, 0.1) is 6.42 Å². The molecule has 1 amide bonds. The number of nitrogens with zero attached hydrogens (tertiary/aromatic N) is 1. The molecule has 0 aliphatic carbocycles. The Morgan fingerprint density at radius 3 is 2.56 bits per heavy atom. The summed E-state index contributed by atoms with van der Waals surface area (Å²) >= 11 is 0. The van der Waals surface area contributed by atoms with Gasteiger partial charge in [-0.25, -0.2) is 0 Å². The molecule has 0 radical (unpaired) electrons. The van der Waals surface area contributed by atoms with Gasteiger partial charge in [-0.05, 0) is 12.8 Å². The Morgan fingerprint density at radius 1 is 1.44 bits per heavy atom. The zero-order valence-corrected chi connectivity index (χ0v) is 9.61. The van der Waals surface area contributed by atoms with Crippen LogP contribution in [-0.2, 0) is 4.79 Å². The van der Waals surface area contributed by atoms with E-state index in [1.807, 2.05) is 0 Å². The second kappa shape index (κ2) is 6.30. The highest BCUT2D eigenvalue weighted by Gasteiger charge is 2.30. The van der Waals surface area contributed by atoms with Crippen molar-refractivity contribution >= 4 is 18.3 Å². The highest BCUT2D eigenvalue weighted by molar-refractivity contribution is 5.85. The molecule has 3 nitrogen and oxygen atoms in total. The summed E-state index contributed by atoms with van der Waals surface area (Å²) in [6.45, 7) is 0.918. The van der Waals surface area contributed by atoms with E-state index in [4.69, 9.17) is 5.73 Å². The lowest BCUT2D eigenvalue weighted by molar-refractivity contribution is -0.149. The Labute approximate surface area is 98.6 Å². The Balaban J connectivity index is 0.00000225. The van der Waals surface area contributed by atoms with Gasteiger partial charge in [0.1, 0.15) is 0 Å². The molecule has 16 heavy (non-hydrogen) atoms. The third-order valence-corrected chi connectivity index (χ3v) is 2.43. The van der Waals surface area contributed by atoms with Crippen molar-refractivity contribution in [1.82, 2.24) is 4.90 Å². The predicted molar refractivity (Wildman–Crippen MR) is 56.3 cm³/mol. The first-order valence-electron chi connectivity index (χ1n) is 4.98. The Kier molecular flexibility index (Phi) is 6.10. The van der Waals surface area contributed by atoms with Gasteiger partial charge in [-0.15, -0.1) is 12.4 Å². The summed E-state index contributed by atoms with van der Waals surface area (Å²) in [5.41, 5.74) is 5.63. The van der Waals surface area contributed by atoms with E-state index < -0.39 is 24.9 Å². The molecule has 1 heterocycles. The second-order valence-corrected chi connectivity index (χ2v) is 3.86. The molecule has 1 fully saturated rings. The van der Waals surface area contributed by atoms with Crippen LogP contribution in [0.2, 0.25) is 0 Å². The van der Waals surface area contributed by atoms with Crippen LogP contribution in [0.5, 0.6) is 0 Å². The Morgan fingerprint density at radius 2 is 2.06 bits per heavy atom. The molecule has 1 rings (SSSR count). The van der Waals surface area contributed by atoms with E-state index in [-0.39, 0.29) is 18.4 Å². The van der Waals surface area contributed by atoms with Crippen molar-refractivity contribution < 1.29 is 18.0 Å². The minimum atomic E-state index is -4.26. The summed E-state index contributed by atoms with van der Waals surface area (Å²) < 4.78 is 35.6. The van der Waals surface area contributed by atoms with Crippen LogP contribution in [0.4, 0.5) is 13.2 Å². The molecule has 1 saturated heterocycles. The first-order chi connectivity index (χ1) is 6.88. The molecule has 7 heteroatoms. The van der Waals surface area contributed by atoms with Crippen LogP contribution >= 0.6 is 12.4 Å². The van der Waals surface area contributed by atoms with Gasteiger partial charge in [0.25, 0.3) is 0 Å². The molecule has 1 aliphatic rings. The van der Waals surface area contributed by atoms with E-state index in [0.717, 1.165) is 12.8 Å². The average molecular weight is 261 g/mol. The van der Waals surface area contributed by atoms with Gasteiger partial charge in [-0.3, -0.25) is 4.79 Å². The molecule has 0 aromatic rings. The number of likely N-dealkylation sites (tertiary alicyclic amines) is 1. The van der Waals surface area contributed by atoms with Crippen LogP contribution in [-0.4, -0.2) is 36.1 Å². The highest BCUT2D eigenvalue weighted by Crippen LogP contribution is 2.22. The summed E-state index contributed by atoms with van der Waals surface area (Å²) in [5, 5.41) is 0. The normalized spacial score (nSPS) is 21.5. The van der Waals surface area contributed by atoms with Crippen molar-refractivity contribution in [2.24, 2.45) is 5.73 Å². The highest BCUT2D eigenvalue weighted by atomic mass is 35.5. The summed E-state index contributed by atoms with van der Waals surface area (Å²) in [5.74, 6) is -0.442. The number of carbonyl (C=O) groups is 1. The molecule has 0 saturated carbocycles. The average Bonchev–Trinajstić information content (AvgIpc) is 2.13. The van der Waals surface area contributed by atoms with Crippen molar-refractivity contribution in [3.63, 3.8) is 0 Å². The maximum atomic E-state index is 11.9. The third-order valence-electron chi connectivity index (χ3n) is 2.43. The minimum Gasteiger partial charge on any atom is -0.341 e. The fourth-order valence-corrected chi connectivity index (χ4v) is 1.64. The number of carbonyl (C=O) groups excluding carboxylic acids is 1. The van der Waals surface area contributed by atoms with E-state index in [2.05, 4.69) is 0 Å². The van der Waals surface area contributed by atoms with Crippen LogP contribution in [0.1, 0.15) is 25.7 Å². The Bertz CT molecular complexity index is 235. The van der Waals surface area contributed by atoms with Crippen LogP contribution in [0, 0.1) is 0 Å². The predicted octanol–water partition coefficient (Wildman–Crippen LogP) is 1.70. The van der Waals surface area contributed by atoms with E-state index in [1.165, 1.54) is 4.90 Å². The van der Waals surface area contributed by atoms with E-state index in [9.17, 15) is 18.0 Å². The number of halogens is 4. The summed E-state index contributed by atoms with van der Waals surface area (Å²) in [6, 6.07) is -0.0893. The SMILES string of the molecule is Cl.N[C@@H]1CCCN(C(=O)CCC(F)(F)F)C1. The topological polar surface area (TPSA) is 46.3 Å². The first kappa shape index (κ1) is 15.5. The zero-order chi connectivity index (χ0) is 11.5. The van der Waals surface area contributed by atoms with Gasteiger partial charge < -0.3 is 10.6 Å². The molecule has 96 valence electrons. The maximum absolute atomic E-state index is 11.9. The molecule has 0 spiro atoms. The number of hydrogen-bond donors (Lipinski definition) is 1. The summed E-state index contributed by atoms with van der Waals surface area (Å²) in [4.78, 5) is 12.8. The smallest absolute Gasteiger partial charge is 0.341 e. The van der Waals surface area contributed by atoms with Crippen LogP contribution in [0.15, 0.2) is 0 Å². The van der Waals surface area contributed by atoms with Gasteiger partial charge in [0, 0.05) is 25.6 Å². The van der Waals surface area contributed by atoms with Crippen molar-refractivity contribution in [3.05, 3.63) is 0 Å². The lowest BCUT2D eigenvalue weighted by atomic mass is 10.1. The molecule has 0 aromatic heterocycles. The van der Waals surface area contributed by atoms with Gasteiger partial charge in [0.2, 0.25) is 5.91 Å². The molecule has 0 unspecified atom stereocenters. The molecular formula is C9H16ClF3N2O. The van der Waals surface area contributed by atoms with Gasteiger partial charge in [-0.2, -0.15) is 13.2 Å². The number of rotatable bonds is 2. The quantitative estimate of drug-likeness (QED) is 0.821. The molecule has 1 aliphatic heterocycles. The molecule has 2 N–H and O–H groups in total. The van der Waals surface area contributed by atoms with E-state index in [1.54, 1.807) is 0 Å². The fourth-order valence-electron chi connectivity index (χ4n) is 1.64. The van der Waals surface area contributed by atoms with Gasteiger partial charge in [-0.1, -0.05) is 0 Å². The van der Waals surface area contributed by atoms with E-state index in [0.29, 0.717) is 13.1 Å². The van der Waals surface area contributed by atoms with Crippen LogP contribution in [0.25, 0.3) is 0 Å². The monoisotopic (exact) mass is 260 g/mol. The summed E-state index contributed by atoms with van der Waals surface area (Å²) in [7, 11) is 0. The number of alkyl halides is 3. The lowest BCUT2D eigenvalue weighted by Gasteiger charge is -2.30. The first-order valence-corrected chi connectivity index (χ1v) is 4.98. The van der Waals surface area contributed by atoms with Gasteiger partial charge >= 0.3 is 6.18 Å². The third kappa shape index (κ3) is 5.55. The maximum Gasteiger partial charge on any atom is 0.389 e. The van der Waals surface area contributed by atoms with E-state index >= 15 is 0 Å². The Hall–Kier alpha value is -0.490. The standard InChI is InChI=1S/C9H15F3N2O.ClH/c10-9(11,12)4-3-8(15)14-5-1-2-7(13)6-14;/h7H,1-6,13H2;1H/t7-;/m1./s1. The number of hydrogen-bond acceptors (Lipinski definition) is 2. The molecular weight excluding hydrogens is 245 g/mol. The van der Waals surface area contributed by atoms with Crippen LogP contribution < -0.4 is 5.73 Å². The van der Waals surface area contributed by atoms with Crippen molar-refractivity contribution in [1.29, 1.82) is 0 Å². The van der Waals surface area contributed by atoms with Crippen molar-refractivity contribution in [2.75, 3.05) is 13.1 Å². The summed E-state index contributed by atoms with van der Waals surface area (Å²) in [6.07, 6.45) is -4.15. The van der Waals surface area contributed by atoms with Crippen molar-refractivity contribution in [2.45, 2.75) is 37.9 Å². The molecule has 1 atom stereocenters. The van der Waals surface area contributed by atoms with Crippen molar-refractivity contribution in [3.8, 4) is 0 Å². The molecule has 0 bridgehead atoms. The number of piperidine rings is 1. The largest absolute Gasteiger partial charge is 0.389 e. The van der Waals surface area contributed by atoms with Crippen LogP contribution in [0.3, 0.4) is 0 Å². The van der Waals surface area contributed by atoms with Gasteiger partial charge in [0.15, 0.2) is 0 Å². The number of nitrogens with two attached hydrogens (primary N) is 1. The minimum absolute atomic E-state index is 0. The molecule has 0 aromatic carbocycles. The zero-order valence-electron chi connectivity index (χ0n) is 8.79. The fraction of sp³-hybridized carbons (Fsp3) is 0.889. The lowest BCUT2D eigenvalue weighted by Crippen LogP contribution is -2.45.